The van der Waals surface area contributed by atoms with E-state index < -0.39 is 0 Å². The molecule has 2 aromatic heterocycles. The van der Waals surface area contributed by atoms with Crippen molar-refractivity contribution in [2.45, 2.75) is 19.0 Å². The van der Waals surface area contributed by atoms with Gasteiger partial charge in [-0.1, -0.05) is 11.8 Å². The zero-order valence-electron chi connectivity index (χ0n) is 16.7. The molecule has 5 nitrogen and oxygen atoms in total. The van der Waals surface area contributed by atoms with E-state index in [1.165, 1.54) is 28.8 Å². The van der Waals surface area contributed by atoms with E-state index in [2.05, 4.69) is 32.2 Å². The number of benzene rings is 1. The maximum absolute atomic E-state index is 13.3. The van der Waals surface area contributed by atoms with Crippen LogP contribution in [-0.2, 0) is 0 Å². The van der Waals surface area contributed by atoms with Crippen LogP contribution in [0.2, 0.25) is 0 Å². The van der Waals surface area contributed by atoms with E-state index in [0.717, 1.165) is 33.4 Å². The average molecular weight is 428 g/mol. The normalized spacial score (nSPS) is 12.3. The Morgan fingerprint density at radius 1 is 1.14 bits per heavy atom. The molecule has 0 aliphatic heterocycles. The van der Waals surface area contributed by atoms with Crippen molar-refractivity contribution in [3.05, 3.63) is 59.0 Å². The van der Waals surface area contributed by atoms with Crippen LogP contribution in [0, 0.1) is 5.82 Å². The lowest BCUT2D eigenvalue weighted by Crippen LogP contribution is -2.08. The Hall–Kier alpha value is -2.58. The molecule has 0 fully saturated rings. The Labute approximate surface area is 178 Å². The molecule has 2 heterocycles. The number of aliphatic imine (C=N–C) groups is 1. The first-order valence-corrected chi connectivity index (χ1v) is 11.3. The number of pyridine rings is 1. The molecule has 0 saturated carbocycles. The lowest BCUT2D eigenvalue weighted by atomic mass is 10.1. The van der Waals surface area contributed by atoms with Gasteiger partial charge in [0.1, 0.15) is 5.82 Å². The SMILES string of the molecule is CSC(C)=C(C)NC=Nc1cc(-c2nc(SC)[nH]c2-c2ccc(F)cc2)ccn1. The molecule has 0 radical (unpaired) electrons. The molecule has 0 aliphatic carbocycles. The lowest BCUT2D eigenvalue weighted by molar-refractivity contribution is 0.628. The molecule has 0 aliphatic rings. The van der Waals surface area contributed by atoms with Crippen molar-refractivity contribution < 1.29 is 4.39 Å². The molecular formula is C21H22FN5S2. The third-order valence-corrected chi connectivity index (χ3v) is 5.84. The fourth-order valence-electron chi connectivity index (χ4n) is 2.57. The largest absolute Gasteiger partial charge is 0.349 e. The second-order valence-electron chi connectivity index (χ2n) is 6.17. The summed E-state index contributed by atoms with van der Waals surface area (Å²) in [6.07, 6.45) is 7.34. The van der Waals surface area contributed by atoms with Gasteiger partial charge in [-0.15, -0.1) is 11.8 Å². The van der Waals surface area contributed by atoms with Gasteiger partial charge in [-0.3, -0.25) is 0 Å². The van der Waals surface area contributed by atoms with Crippen molar-refractivity contribution in [1.29, 1.82) is 0 Å². The number of thioether (sulfide) groups is 2. The highest BCUT2D eigenvalue weighted by Gasteiger charge is 2.14. The van der Waals surface area contributed by atoms with Gasteiger partial charge in [0.2, 0.25) is 0 Å². The zero-order valence-corrected chi connectivity index (χ0v) is 18.3. The average Bonchev–Trinajstić information content (AvgIpc) is 3.18. The summed E-state index contributed by atoms with van der Waals surface area (Å²) in [7, 11) is 0. The summed E-state index contributed by atoms with van der Waals surface area (Å²) in [5.74, 6) is 0.303. The zero-order chi connectivity index (χ0) is 20.8. The summed E-state index contributed by atoms with van der Waals surface area (Å²) < 4.78 is 13.3. The van der Waals surface area contributed by atoms with Gasteiger partial charge < -0.3 is 10.3 Å². The van der Waals surface area contributed by atoms with Crippen molar-refractivity contribution in [2.75, 3.05) is 12.5 Å². The predicted molar refractivity (Wildman–Crippen MR) is 122 cm³/mol. The molecule has 3 rings (SSSR count). The quantitative estimate of drug-likeness (QED) is 0.281. The predicted octanol–water partition coefficient (Wildman–Crippen LogP) is 5.86. The van der Waals surface area contributed by atoms with Crippen LogP contribution in [-0.4, -0.2) is 33.8 Å². The van der Waals surface area contributed by atoms with Gasteiger partial charge in [-0.25, -0.2) is 19.4 Å². The molecule has 0 amide bonds. The first kappa shape index (κ1) is 21.1. The summed E-state index contributed by atoms with van der Waals surface area (Å²) >= 11 is 3.21. The molecule has 0 unspecified atom stereocenters. The summed E-state index contributed by atoms with van der Waals surface area (Å²) in [5.41, 5.74) is 4.42. The number of nitrogens with one attached hydrogen (secondary N) is 2. The van der Waals surface area contributed by atoms with Crippen LogP contribution < -0.4 is 5.32 Å². The Bertz CT molecular complexity index is 1040. The van der Waals surface area contributed by atoms with Crippen LogP contribution in [0.25, 0.3) is 22.5 Å². The molecular weight excluding hydrogens is 405 g/mol. The second-order valence-corrected chi connectivity index (χ2v) is 7.98. The van der Waals surface area contributed by atoms with E-state index in [1.807, 2.05) is 31.6 Å². The number of aromatic nitrogens is 3. The van der Waals surface area contributed by atoms with Crippen LogP contribution in [0.5, 0.6) is 0 Å². The van der Waals surface area contributed by atoms with E-state index >= 15 is 0 Å². The number of H-pyrrole nitrogens is 1. The molecule has 2 N–H and O–H groups in total. The van der Waals surface area contributed by atoms with E-state index in [0.29, 0.717) is 5.82 Å². The van der Waals surface area contributed by atoms with Gasteiger partial charge in [-0.05, 0) is 62.8 Å². The maximum atomic E-state index is 13.3. The molecule has 0 spiro atoms. The van der Waals surface area contributed by atoms with Gasteiger partial charge in [0.15, 0.2) is 11.0 Å². The van der Waals surface area contributed by atoms with Crippen molar-refractivity contribution in [3.63, 3.8) is 0 Å². The molecule has 0 atom stereocenters. The van der Waals surface area contributed by atoms with E-state index in [4.69, 9.17) is 0 Å². The third-order valence-electron chi connectivity index (χ3n) is 4.34. The maximum Gasteiger partial charge on any atom is 0.166 e. The van der Waals surface area contributed by atoms with Gasteiger partial charge in [-0.2, -0.15) is 0 Å². The van der Waals surface area contributed by atoms with E-state index in [9.17, 15) is 4.39 Å². The Balaban J connectivity index is 1.92. The molecule has 150 valence electrons. The van der Waals surface area contributed by atoms with Crippen molar-refractivity contribution in [1.82, 2.24) is 20.3 Å². The molecule has 3 aromatic rings. The summed E-state index contributed by atoms with van der Waals surface area (Å²) in [6.45, 7) is 4.06. The lowest BCUT2D eigenvalue weighted by Gasteiger charge is -2.05. The molecule has 0 bridgehead atoms. The molecule has 1 aromatic carbocycles. The van der Waals surface area contributed by atoms with Gasteiger partial charge >= 0.3 is 0 Å². The number of hydrogen-bond acceptors (Lipinski definition) is 5. The van der Waals surface area contributed by atoms with Crippen molar-refractivity contribution in [2.24, 2.45) is 4.99 Å². The van der Waals surface area contributed by atoms with Crippen molar-refractivity contribution >= 4 is 35.7 Å². The first-order valence-electron chi connectivity index (χ1n) is 8.88. The first-order chi connectivity index (χ1) is 14.0. The molecule has 8 heteroatoms. The van der Waals surface area contributed by atoms with E-state index in [-0.39, 0.29) is 5.82 Å². The number of halogens is 1. The summed E-state index contributed by atoms with van der Waals surface area (Å²) in [6, 6.07) is 10.1. The highest BCUT2D eigenvalue weighted by molar-refractivity contribution is 8.02. The minimum Gasteiger partial charge on any atom is -0.349 e. The second kappa shape index (κ2) is 9.76. The molecule has 29 heavy (non-hydrogen) atoms. The fourth-order valence-corrected chi connectivity index (χ4v) is 3.32. The Morgan fingerprint density at radius 3 is 2.59 bits per heavy atom. The number of nitrogens with zero attached hydrogens (tertiary/aromatic N) is 3. The topological polar surface area (TPSA) is 66.0 Å². The Morgan fingerprint density at radius 2 is 1.90 bits per heavy atom. The van der Waals surface area contributed by atoms with Crippen LogP contribution >= 0.6 is 23.5 Å². The van der Waals surface area contributed by atoms with Gasteiger partial charge in [0.05, 0.1) is 17.7 Å². The summed E-state index contributed by atoms with van der Waals surface area (Å²) in [4.78, 5) is 17.9. The third kappa shape index (κ3) is 5.27. The number of allylic oxidation sites excluding steroid dienone is 2. The summed E-state index contributed by atoms with van der Waals surface area (Å²) in [5, 5.41) is 3.95. The fraction of sp³-hybridized carbons (Fsp3) is 0.190. The van der Waals surface area contributed by atoms with Gasteiger partial charge in [0, 0.05) is 27.9 Å². The van der Waals surface area contributed by atoms with Gasteiger partial charge in [0.25, 0.3) is 0 Å². The number of aromatic amines is 1. The van der Waals surface area contributed by atoms with Crippen LogP contribution in [0.3, 0.4) is 0 Å². The highest BCUT2D eigenvalue weighted by atomic mass is 32.2. The number of rotatable bonds is 7. The van der Waals surface area contributed by atoms with E-state index in [1.54, 1.807) is 36.4 Å². The van der Waals surface area contributed by atoms with Crippen LogP contribution in [0.1, 0.15) is 13.8 Å². The highest BCUT2D eigenvalue weighted by Crippen LogP contribution is 2.33. The Kier molecular flexibility index (Phi) is 7.11. The minimum atomic E-state index is -0.269. The minimum absolute atomic E-state index is 0.269. The van der Waals surface area contributed by atoms with Crippen molar-refractivity contribution in [3.8, 4) is 22.5 Å². The van der Waals surface area contributed by atoms with Crippen LogP contribution in [0.4, 0.5) is 10.2 Å². The molecule has 0 saturated heterocycles. The van der Waals surface area contributed by atoms with Crippen LogP contribution in [0.15, 0.2) is 63.3 Å². The monoisotopic (exact) mass is 427 g/mol. The number of hydrogen-bond donors (Lipinski definition) is 2. The standard InChI is InChI=1S/C21H22FN5S2/c1-13(14(2)28-3)24-12-25-18-11-16(9-10-23-18)20-19(26-21(27-20)29-4)15-5-7-17(22)8-6-15/h5-12H,1-4H3,(H,26,27)(H,23,24,25). The smallest absolute Gasteiger partial charge is 0.166 e. The number of imidazole rings is 1.